The monoisotopic (exact) mass is 198 g/mol. The summed E-state index contributed by atoms with van der Waals surface area (Å²) in [6, 6.07) is 0. The third-order valence-corrected chi connectivity index (χ3v) is 2.08. The fraction of sp³-hybridized carbons (Fsp3) is 0.750. The minimum Gasteiger partial charge on any atom is -0.466 e. The predicted octanol–water partition coefficient (Wildman–Crippen LogP) is 3.47. The maximum absolute atomic E-state index is 11.0. The molecule has 0 unspecified atom stereocenters. The Bertz CT molecular complexity index is 183. The Morgan fingerprint density at radius 2 is 2.00 bits per heavy atom. The molecule has 0 bridgehead atoms. The molecule has 0 spiro atoms. The second-order valence-corrected chi connectivity index (χ2v) is 3.50. The summed E-state index contributed by atoms with van der Waals surface area (Å²) in [7, 11) is 0. The molecule has 0 aliphatic heterocycles. The number of unbranched alkanes of at least 4 members (excludes halogenated alkanes) is 2. The van der Waals surface area contributed by atoms with Gasteiger partial charge >= 0.3 is 5.97 Å². The maximum Gasteiger partial charge on any atom is 0.306 e. The summed E-state index contributed by atoms with van der Waals surface area (Å²) < 4.78 is 4.85. The topological polar surface area (TPSA) is 26.3 Å². The van der Waals surface area contributed by atoms with Gasteiger partial charge in [-0.15, -0.1) is 0 Å². The molecule has 0 aliphatic carbocycles. The summed E-state index contributed by atoms with van der Waals surface area (Å²) in [5.41, 5.74) is 1.30. The second kappa shape index (κ2) is 8.79. The average Bonchev–Trinajstić information content (AvgIpc) is 2.16. The molecule has 2 nitrogen and oxygen atoms in total. The first kappa shape index (κ1) is 13.2. The van der Waals surface area contributed by atoms with Gasteiger partial charge < -0.3 is 4.74 Å². The lowest BCUT2D eigenvalue weighted by Crippen LogP contribution is -2.03. The van der Waals surface area contributed by atoms with Crippen molar-refractivity contribution in [1.82, 2.24) is 0 Å². The predicted molar refractivity (Wildman–Crippen MR) is 59.1 cm³/mol. The van der Waals surface area contributed by atoms with Gasteiger partial charge in [-0.1, -0.05) is 31.4 Å². The molecule has 0 aromatic rings. The van der Waals surface area contributed by atoms with Crippen molar-refractivity contribution in [3.05, 3.63) is 11.6 Å². The van der Waals surface area contributed by atoms with E-state index in [0.717, 1.165) is 12.8 Å². The zero-order valence-corrected chi connectivity index (χ0v) is 9.64. The van der Waals surface area contributed by atoms with Gasteiger partial charge in [0.25, 0.3) is 0 Å². The molecule has 0 fully saturated rings. The molecule has 82 valence electrons. The third kappa shape index (κ3) is 7.84. The molecule has 0 heterocycles. The molecule has 14 heavy (non-hydrogen) atoms. The fourth-order valence-electron chi connectivity index (χ4n) is 1.19. The molecular weight excluding hydrogens is 176 g/mol. The first-order valence-electron chi connectivity index (χ1n) is 5.52. The number of carbonyl (C=O) groups is 1. The normalized spacial score (nSPS) is 11.5. The Balaban J connectivity index is 3.56. The Morgan fingerprint density at radius 1 is 1.29 bits per heavy atom. The molecule has 0 rings (SSSR count). The maximum atomic E-state index is 11.0. The third-order valence-electron chi connectivity index (χ3n) is 2.08. The Kier molecular flexibility index (Phi) is 8.30. The van der Waals surface area contributed by atoms with Crippen LogP contribution in [0.1, 0.15) is 52.9 Å². The van der Waals surface area contributed by atoms with Crippen LogP contribution in [-0.2, 0) is 9.53 Å². The molecule has 0 radical (unpaired) electrons. The van der Waals surface area contributed by atoms with Gasteiger partial charge in [0.2, 0.25) is 0 Å². The van der Waals surface area contributed by atoms with Crippen LogP contribution in [0, 0.1) is 0 Å². The van der Waals surface area contributed by atoms with Crippen molar-refractivity contribution in [3.8, 4) is 0 Å². The van der Waals surface area contributed by atoms with E-state index in [1.54, 1.807) is 0 Å². The van der Waals surface area contributed by atoms with Crippen molar-refractivity contribution in [3.63, 3.8) is 0 Å². The molecule has 0 amide bonds. The molecule has 0 atom stereocenters. The minimum absolute atomic E-state index is 0.0873. The highest BCUT2D eigenvalue weighted by Crippen LogP contribution is 2.07. The largest absolute Gasteiger partial charge is 0.466 e. The van der Waals surface area contributed by atoms with Crippen LogP contribution < -0.4 is 0 Å². The number of esters is 1. The van der Waals surface area contributed by atoms with Gasteiger partial charge in [0.05, 0.1) is 6.61 Å². The molecule has 0 aliphatic rings. The Morgan fingerprint density at radius 3 is 2.57 bits per heavy atom. The van der Waals surface area contributed by atoms with Crippen LogP contribution in [0.25, 0.3) is 0 Å². The highest BCUT2D eigenvalue weighted by Gasteiger charge is 2.00. The highest BCUT2D eigenvalue weighted by molar-refractivity contribution is 5.69. The molecule has 0 aromatic carbocycles. The van der Waals surface area contributed by atoms with Gasteiger partial charge in [-0.05, 0) is 26.7 Å². The Labute approximate surface area is 87.3 Å². The van der Waals surface area contributed by atoms with Crippen LogP contribution in [0.5, 0.6) is 0 Å². The van der Waals surface area contributed by atoms with Gasteiger partial charge in [0.1, 0.15) is 0 Å². The van der Waals surface area contributed by atoms with E-state index in [4.69, 9.17) is 4.74 Å². The molecule has 0 aromatic heterocycles. The zero-order chi connectivity index (χ0) is 10.8. The van der Waals surface area contributed by atoms with Crippen molar-refractivity contribution in [2.45, 2.75) is 52.9 Å². The van der Waals surface area contributed by atoms with E-state index in [9.17, 15) is 4.79 Å². The van der Waals surface area contributed by atoms with Crippen molar-refractivity contribution in [2.24, 2.45) is 0 Å². The summed E-state index contributed by atoms with van der Waals surface area (Å²) >= 11 is 0. The van der Waals surface area contributed by atoms with Crippen LogP contribution in [0.2, 0.25) is 0 Å². The van der Waals surface area contributed by atoms with E-state index in [-0.39, 0.29) is 5.97 Å². The van der Waals surface area contributed by atoms with E-state index in [1.165, 1.54) is 18.4 Å². The Hall–Kier alpha value is -0.790. The lowest BCUT2D eigenvalue weighted by Gasteiger charge is -2.02. The quantitative estimate of drug-likeness (QED) is 0.356. The lowest BCUT2D eigenvalue weighted by atomic mass is 10.1. The molecular formula is C12H22O2. The number of allylic oxidation sites excluding steroid dienone is 2. The molecule has 2 heteroatoms. The van der Waals surface area contributed by atoms with Gasteiger partial charge in [0, 0.05) is 6.42 Å². The van der Waals surface area contributed by atoms with E-state index < -0.39 is 0 Å². The van der Waals surface area contributed by atoms with Crippen molar-refractivity contribution in [1.29, 1.82) is 0 Å². The van der Waals surface area contributed by atoms with Crippen molar-refractivity contribution >= 4 is 5.97 Å². The van der Waals surface area contributed by atoms with Crippen molar-refractivity contribution < 1.29 is 9.53 Å². The van der Waals surface area contributed by atoms with Crippen LogP contribution in [0.4, 0.5) is 0 Å². The average molecular weight is 198 g/mol. The summed E-state index contributed by atoms with van der Waals surface area (Å²) in [6.45, 7) is 6.58. The van der Waals surface area contributed by atoms with Gasteiger partial charge in [-0.2, -0.15) is 0 Å². The van der Waals surface area contributed by atoms with E-state index in [1.807, 2.05) is 6.92 Å². The number of rotatable bonds is 7. The van der Waals surface area contributed by atoms with Gasteiger partial charge in [-0.3, -0.25) is 4.79 Å². The number of hydrogen-bond acceptors (Lipinski definition) is 2. The summed E-state index contributed by atoms with van der Waals surface area (Å²) in [4.78, 5) is 11.0. The zero-order valence-electron chi connectivity index (χ0n) is 9.64. The first-order chi connectivity index (χ1) is 6.70. The van der Waals surface area contributed by atoms with Crippen LogP contribution in [0.3, 0.4) is 0 Å². The van der Waals surface area contributed by atoms with Gasteiger partial charge in [0.15, 0.2) is 0 Å². The highest BCUT2D eigenvalue weighted by atomic mass is 16.5. The number of ether oxygens (including phenoxy) is 1. The number of carbonyl (C=O) groups excluding carboxylic acids is 1. The van der Waals surface area contributed by atoms with E-state index in [0.29, 0.717) is 13.0 Å². The molecule has 0 saturated carbocycles. The molecule has 0 N–H and O–H groups in total. The summed E-state index contributed by atoms with van der Waals surface area (Å²) in [6.07, 6.45) is 7.16. The van der Waals surface area contributed by atoms with Gasteiger partial charge in [-0.25, -0.2) is 0 Å². The first-order valence-corrected chi connectivity index (χ1v) is 5.52. The standard InChI is InChI=1S/C12H22O2/c1-4-6-7-8-11(3)9-10-12(13)14-5-2/h8H,4-7,9-10H2,1-3H3. The van der Waals surface area contributed by atoms with E-state index in [2.05, 4.69) is 19.9 Å². The smallest absolute Gasteiger partial charge is 0.306 e. The summed E-state index contributed by atoms with van der Waals surface area (Å²) in [5, 5.41) is 0. The van der Waals surface area contributed by atoms with Crippen LogP contribution in [-0.4, -0.2) is 12.6 Å². The minimum atomic E-state index is -0.0873. The van der Waals surface area contributed by atoms with Crippen molar-refractivity contribution in [2.75, 3.05) is 6.61 Å². The molecule has 0 saturated heterocycles. The summed E-state index contributed by atoms with van der Waals surface area (Å²) in [5.74, 6) is -0.0873. The SMILES string of the molecule is CCCCC=C(C)CCC(=O)OCC. The number of hydrogen-bond donors (Lipinski definition) is 0. The second-order valence-electron chi connectivity index (χ2n) is 3.50. The lowest BCUT2D eigenvalue weighted by molar-refractivity contribution is -0.143. The van der Waals surface area contributed by atoms with Crippen LogP contribution >= 0.6 is 0 Å². The van der Waals surface area contributed by atoms with Crippen LogP contribution in [0.15, 0.2) is 11.6 Å². The fourth-order valence-corrected chi connectivity index (χ4v) is 1.19. The van der Waals surface area contributed by atoms with E-state index >= 15 is 0 Å².